The largest absolute Gasteiger partial charge is 0.490 e. The SMILES string of the molecule is CC(C)Oc1ccc(Br)cc1C(=O)O.Cl. The predicted molar refractivity (Wildman–Crippen MR) is 64.1 cm³/mol. The first-order valence-electron chi connectivity index (χ1n) is 4.20. The zero-order chi connectivity index (χ0) is 10.7. The van der Waals surface area contributed by atoms with Crippen molar-refractivity contribution in [3.8, 4) is 5.75 Å². The standard InChI is InChI=1S/C10H11BrO3.ClH/c1-6(2)14-9-4-3-7(11)5-8(9)10(12)13;/h3-6H,1-2H3,(H,12,13);1H. The Labute approximate surface area is 103 Å². The maximum absolute atomic E-state index is 10.9. The Balaban J connectivity index is 0.00000196. The van der Waals surface area contributed by atoms with Crippen molar-refractivity contribution in [2.45, 2.75) is 20.0 Å². The molecule has 15 heavy (non-hydrogen) atoms. The van der Waals surface area contributed by atoms with Crippen LogP contribution in [0.5, 0.6) is 5.75 Å². The maximum atomic E-state index is 10.9. The number of aromatic carboxylic acids is 1. The number of hydrogen-bond donors (Lipinski definition) is 1. The van der Waals surface area contributed by atoms with Crippen LogP contribution in [-0.4, -0.2) is 17.2 Å². The molecule has 0 amide bonds. The molecule has 1 rings (SSSR count). The highest BCUT2D eigenvalue weighted by molar-refractivity contribution is 9.10. The van der Waals surface area contributed by atoms with Crippen molar-refractivity contribution in [1.29, 1.82) is 0 Å². The van der Waals surface area contributed by atoms with Crippen LogP contribution in [0.2, 0.25) is 0 Å². The summed E-state index contributed by atoms with van der Waals surface area (Å²) in [5, 5.41) is 8.90. The summed E-state index contributed by atoms with van der Waals surface area (Å²) in [4.78, 5) is 10.9. The van der Waals surface area contributed by atoms with Crippen LogP contribution >= 0.6 is 28.3 Å². The molecule has 3 nitrogen and oxygen atoms in total. The van der Waals surface area contributed by atoms with Crippen molar-refractivity contribution in [3.63, 3.8) is 0 Å². The van der Waals surface area contributed by atoms with E-state index in [1.807, 2.05) is 13.8 Å². The minimum Gasteiger partial charge on any atom is -0.490 e. The lowest BCUT2D eigenvalue weighted by molar-refractivity contribution is 0.0690. The molecule has 1 aromatic rings. The second-order valence-corrected chi connectivity index (χ2v) is 4.03. The van der Waals surface area contributed by atoms with Crippen molar-refractivity contribution >= 4 is 34.3 Å². The number of rotatable bonds is 3. The normalized spacial score (nSPS) is 9.60. The van der Waals surface area contributed by atoms with E-state index < -0.39 is 5.97 Å². The summed E-state index contributed by atoms with van der Waals surface area (Å²) in [6.07, 6.45) is -0.0331. The molecule has 0 saturated heterocycles. The predicted octanol–water partition coefficient (Wildman–Crippen LogP) is 3.36. The Morgan fingerprint density at radius 1 is 1.47 bits per heavy atom. The van der Waals surface area contributed by atoms with Gasteiger partial charge in [-0.05, 0) is 32.0 Å². The average molecular weight is 296 g/mol. The van der Waals surface area contributed by atoms with E-state index >= 15 is 0 Å². The maximum Gasteiger partial charge on any atom is 0.339 e. The first kappa shape index (κ1) is 14.3. The van der Waals surface area contributed by atoms with Gasteiger partial charge in [-0.2, -0.15) is 0 Å². The van der Waals surface area contributed by atoms with Crippen LogP contribution < -0.4 is 4.74 Å². The van der Waals surface area contributed by atoms with Gasteiger partial charge in [0.05, 0.1) is 6.10 Å². The fourth-order valence-electron chi connectivity index (χ4n) is 1.03. The molecule has 0 aliphatic heterocycles. The number of hydrogen-bond acceptors (Lipinski definition) is 2. The molecule has 0 radical (unpaired) electrons. The fraction of sp³-hybridized carbons (Fsp3) is 0.300. The summed E-state index contributed by atoms with van der Waals surface area (Å²) in [5.74, 6) is -0.586. The zero-order valence-electron chi connectivity index (χ0n) is 8.36. The summed E-state index contributed by atoms with van der Waals surface area (Å²) in [7, 11) is 0. The number of benzene rings is 1. The molecule has 0 aromatic heterocycles. The van der Waals surface area contributed by atoms with Crippen molar-refractivity contribution in [1.82, 2.24) is 0 Å². The lowest BCUT2D eigenvalue weighted by Gasteiger charge is -2.12. The molecule has 1 aromatic carbocycles. The van der Waals surface area contributed by atoms with Gasteiger partial charge in [-0.25, -0.2) is 4.79 Å². The average Bonchev–Trinajstić information content (AvgIpc) is 2.07. The first-order chi connectivity index (χ1) is 6.50. The van der Waals surface area contributed by atoms with Crippen LogP contribution in [0.1, 0.15) is 24.2 Å². The molecule has 0 fully saturated rings. The van der Waals surface area contributed by atoms with Gasteiger partial charge in [0, 0.05) is 4.47 Å². The van der Waals surface area contributed by atoms with Crippen LogP contribution in [0.25, 0.3) is 0 Å². The third kappa shape index (κ3) is 4.10. The number of ether oxygens (including phenoxy) is 1. The van der Waals surface area contributed by atoms with Gasteiger partial charge in [0.25, 0.3) is 0 Å². The molecule has 0 bridgehead atoms. The second kappa shape index (κ2) is 5.98. The van der Waals surface area contributed by atoms with Gasteiger partial charge < -0.3 is 9.84 Å². The number of halogens is 2. The van der Waals surface area contributed by atoms with E-state index in [1.165, 1.54) is 6.07 Å². The van der Waals surface area contributed by atoms with Crippen molar-refractivity contribution in [2.75, 3.05) is 0 Å². The summed E-state index contributed by atoms with van der Waals surface area (Å²) in [5.41, 5.74) is 0.174. The summed E-state index contributed by atoms with van der Waals surface area (Å²) in [6.45, 7) is 3.71. The van der Waals surface area contributed by atoms with Gasteiger partial charge in [-0.15, -0.1) is 12.4 Å². The lowest BCUT2D eigenvalue weighted by Crippen LogP contribution is -2.09. The minimum absolute atomic E-state index is 0. The molecular formula is C10H12BrClO3. The first-order valence-corrected chi connectivity index (χ1v) is 4.99. The Hall–Kier alpha value is -0.740. The number of carboxylic acids is 1. The van der Waals surface area contributed by atoms with E-state index in [9.17, 15) is 4.79 Å². The second-order valence-electron chi connectivity index (χ2n) is 3.11. The molecule has 0 unspecified atom stereocenters. The van der Waals surface area contributed by atoms with E-state index in [2.05, 4.69) is 15.9 Å². The van der Waals surface area contributed by atoms with Crippen molar-refractivity contribution < 1.29 is 14.6 Å². The summed E-state index contributed by atoms with van der Waals surface area (Å²) < 4.78 is 6.09. The molecule has 5 heteroatoms. The van der Waals surface area contributed by atoms with Crippen molar-refractivity contribution in [2.24, 2.45) is 0 Å². The lowest BCUT2D eigenvalue weighted by atomic mass is 10.2. The Bertz CT molecular complexity index is 353. The van der Waals surface area contributed by atoms with Crippen LogP contribution in [0.4, 0.5) is 0 Å². The smallest absolute Gasteiger partial charge is 0.339 e. The molecule has 0 spiro atoms. The molecule has 0 heterocycles. The molecule has 1 N–H and O–H groups in total. The van der Waals surface area contributed by atoms with Gasteiger partial charge in [0.1, 0.15) is 11.3 Å². The summed E-state index contributed by atoms with van der Waals surface area (Å²) in [6, 6.07) is 4.93. The van der Waals surface area contributed by atoms with Gasteiger partial charge >= 0.3 is 5.97 Å². The highest BCUT2D eigenvalue weighted by atomic mass is 79.9. The van der Waals surface area contributed by atoms with Crippen molar-refractivity contribution in [3.05, 3.63) is 28.2 Å². The van der Waals surface area contributed by atoms with Crippen LogP contribution in [0, 0.1) is 0 Å². The Morgan fingerprint density at radius 2 is 2.07 bits per heavy atom. The highest BCUT2D eigenvalue weighted by Gasteiger charge is 2.12. The molecule has 0 aliphatic rings. The molecule has 0 atom stereocenters. The Kier molecular flexibility index (Phi) is 5.68. The molecule has 84 valence electrons. The molecule has 0 saturated carbocycles. The highest BCUT2D eigenvalue weighted by Crippen LogP contribution is 2.24. The number of carboxylic acid groups (broad SMARTS) is 1. The topological polar surface area (TPSA) is 46.5 Å². The third-order valence-corrected chi connectivity index (χ3v) is 2.03. The quantitative estimate of drug-likeness (QED) is 0.930. The van der Waals surface area contributed by atoms with Gasteiger partial charge in [-0.3, -0.25) is 0 Å². The number of carbonyl (C=O) groups is 1. The van der Waals surface area contributed by atoms with Gasteiger partial charge in [0.15, 0.2) is 0 Å². The Morgan fingerprint density at radius 3 is 2.53 bits per heavy atom. The molecule has 0 aliphatic carbocycles. The van der Waals surface area contributed by atoms with E-state index in [1.54, 1.807) is 12.1 Å². The minimum atomic E-state index is -0.984. The summed E-state index contributed by atoms with van der Waals surface area (Å²) >= 11 is 3.21. The zero-order valence-corrected chi connectivity index (χ0v) is 10.8. The third-order valence-electron chi connectivity index (χ3n) is 1.53. The van der Waals surface area contributed by atoms with Crippen LogP contribution in [0.3, 0.4) is 0 Å². The fourth-order valence-corrected chi connectivity index (χ4v) is 1.39. The van der Waals surface area contributed by atoms with E-state index in [4.69, 9.17) is 9.84 Å². The van der Waals surface area contributed by atoms with Gasteiger partial charge in [-0.1, -0.05) is 15.9 Å². The van der Waals surface area contributed by atoms with E-state index in [0.717, 1.165) is 4.47 Å². The van der Waals surface area contributed by atoms with E-state index in [-0.39, 0.29) is 24.1 Å². The monoisotopic (exact) mass is 294 g/mol. The van der Waals surface area contributed by atoms with E-state index in [0.29, 0.717) is 5.75 Å². The van der Waals surface area contributed by atoms with Crippen LogP contribution in [-0.2, 0) is 0 Å². The van der Waals surface area contributed by atoms with Crippen LogP contribution in [0.15, 0.2) is 22.7 Å². The molecular weight excluding hydrogens is 283 g/mol. The van der Waals surface area contributed by atoms with Gasteiger partial charge in [0.2, 0.25) is 0 Å².